The number of nitrogens with zero attached hydrogens (tertiary/aromatic N) is 3. The topological polar surface area (TPSA) is 89.5 Å². The molecule has 0 spiro atoms. The maximum absolute atomic E-state index is 13.6. The van der Waals surface area contributed by atoms with Crippen molar-refractivity contribution >= 4 is 72.9 Å². The molecule has 0 aliphatic heterocycles. The van der Waals surface area contributed by atoms with E-state index >= 15 is 0 Å². The van der Waals surface area contributed by atoms with Gasteiger partial charge in [-0.05, 0) is 50.7 Å². The molecule has 7 nitrogen and oxygen atoms in total. The zero-order valence-corrected chi connectivity index (χ0v) is 17.6. The Morgan fingerprint density at radius 1 is 1.11 bits per heavy atom. The predicted octanol–water partition coefficient (Wildman–Crippen LogP) is 6.31. The number of halogens is 6. The Morgan fingerprint density at radius 3 is 2.15 bits per heavy atom. The lowest BCUT2D eigenvalue weighted by Gasteiger charge is -2.25. The molecule has 2 aromatic rings. The van der Waals surface area contributed by atoms with E-state index in [2.05, 4.69) is 15.9 Å². The molecule has 144 valence electrons. The molecule has 0 aromatic heterocycles. The minimum absolute atomic E-state index is 0.0389. The maximum atomic E-state index is 13.6. The van der Waals surface area contributed by atoms with Crippen molar-refractivity contribution in [2.24, 2.45) is 0 Å². The molecule has 0 saturated heterocycles. The van der Waals surface area contributed by atoms with Gasteiger partial charge in [0, 0.05) is 21.2 Å². The van der Waals surface area contributed by atoms with Gasteiger partial charge in [0.2, 0.25) is 0 Å². The van der Waals surface area contributed by atoms with Crippen LogP contribution in [0.4, 0.5) is 35.9 Å². The molecular formula is C14H7BrClF3IN3O4. The van der Waals surface area contributed by atoms with Crippen LogP contribution in [0, 0.1) is 23.8 Å². The van der Waals surface area contributed by atoms with Crippen LogP contribution in [0.25, 0.3) is 0 Å². The van der Waals surface area contributed by atoms with Crippen molar-refractivity contribution in [3.8, 4) is 0 Å². The van der Waals surface area contributed by atoms with Crippen molar-refractivity contribution in [3.63, 3.8) is 0 Å². The van der Waals surface area contributed by atoms with E-state index in [0.717, 1.165) is 11.9 Å². The van der Waals surface area contributed by atoms with Gasteiger partial charge in [-0.1, -0.05) is 11.6 Å². The highest BCUT2D eigenvalue weighted by Gasteiger charge is 2.41. The third kappa shape index (κ3) is 4.43. The van der Waals surface area contributed by atoms with E-state index in [4.69, 9.17) is 11.6 Å². The highest BCUT2D eigenvalue weighted by atomic mass is 127. The zero-order valence-electron chi connectivity index (χ0n) is 13.1. The van der Waals surface area contributed by atoms with E-state index in [-0.39, 0.29) is 16.8 Å². The minimum atomic E-state index is -5.08. The summed E-state index contributed by atoms with van der Waals surface area (Å²) < 4.78 is 41.6. The lowest BCUT2D eigenvalue weighted by Crippen LogP contribution is -2.19. The van der Waals surface area contributed by atoms with Crippen LogP contribution in [0.3, 0.4) is 0 Å². The predicted molar refractivity (Wildman–Crippen MR) is 105 cm³/mol. The summed E-state index contributed by atoms with van der Waals surface area (Å²) in [5.41, 5.74) is -4.45. The Balaban J connectivity index is 2.90. The van der Waals surface area contributed by atoms with Gasteiger partial charge in [0.05, 0.1) is 32.2 Å². The summed E-state index contributed by atoms with van der Waals surface area (Å²) in [6, 6.07) is 3.76. The van der Waals surface area contributed by atoms with Crippen molar-refractivity contribution in [2.45, 2.75) is 6.18 Å². The number of hydrogen-bond acceptors (Lipinski definition) is 5. The molecule has 0 heterocycles. The molecule has 0 aliphatic carbocycles. The SMILES string of the molecule is CN(c1c(Cl)cc(I)cc1Br)c1c([N+](=O)[O-])cc([N+](=O)[O-])cc1C(F)(F)F. The first-order valence-corrected chi connectivity index (χ1v) is 9.01. The Kier molecular flexibility index (Phi) is 6.21. The molecule has 0 amide bonds. The number of alkyl halides is 3. The Bertz CT molecular complexity index is 935. The van der Waals surface area contributed by atoms with Crippen LogP contribution in [-0.2, 0) is 6.18 Å². The van der Waals surface area contributed by atoms with Crippen molar-refractivity contribution < 1.29 is 23.0 Å². The van der Waals surface area contributed by atoms with Crippen molar-refractivity contribution in [1.82, 2.24) is 0 Å². The fraction of sp³-hybridized carbons (Fsp3) is 0.143. The summed E-state index contributed by atoms with van der Waals surface area (Å²) in [4.78, 5) is 21.0. The van der Waals surface area contributed by atoms with Crippen molar-refractivity contribution in [2.75, 3.05) is 11.9 Å². The second-order valence-electron chi connectivity index (χ2n) is 5.15. The van der Waals surface area contributed by atoms with Gasteiger partial charge >= 0.3 is 6.18 Å². The van der Waals surface area contributed by atoms with Crippen LogP contribution in [0.2, 0.25) is 5.02 Å². The lowest BCUT2D eigenvalue weighted by atomic mass is 10.1. The normalized spacial score (nSPS) is 11.4. The molecule has 0 atom stereocenters. The third-order valence-electron chi connectivity index (χ3n) is 3.44. The maximum Gasteiger partial charge on any atom is 0.418 e. The average Bonchev–Trinajstić information content (AvgIpc) is 2.51. The molecule has 13 heteroatoms. The van der Waals surface area contributed by atoms with Crippen LogP contribution >= 0.6 is 50.1 Å². The monoisotopic (exact) mass is 579 g/mol. The van der Waals surface area contributed by atoms with Crippen LogP contribution in [0.15, 0.2) is 28.7 Å². The van der Waals surface area contributed by atoms with Crippen molar-refractivity contribution in [3.05, 3.63) is 63.1 Å². The first kappa shape index (κ1) is 21.6. The number of benzene rings is 2. The van der Waals surface area contributed by atoms with E-state index in [1.807, 2.05) is 22.6 Å². The summed E-state index contributed by atoms with van der Waals surface area (Å²) >= 11 is 11.2. The van der Waals surface area contributed by atoms with E-state index in [1.54, 1.807) is 6.07 Å². The van der Waals surface area contributed by atoms with E-state index in [1.165, 1.54) is 6.07 Å². The Hall–Kier alpha value is -1.67. The van der Waals surface area contributed by atoms with Gasteiger partial charge in [-0.25, -0.2) is 0 Å². The van der Waals surface area contributed by atoms with Crippen LogP contribution in [0.1, 0.15) is 5.56 Å². The molecule has 0 saturated carbocycles. The first-order valence-electron chi connectivity index (χ1n) is 6.77. The average molecular weight is 580 g/mol. The second-order valence-corrected chi connectivity index (χ2v) is 7.66. The number of anilines is 2. The summed E-state index contributed by atoms with van der Waals surface area (Å²) in [6.07, 6.45) is -5.08. The Labute approximate surface area is 176 Å². The van der Waals surface area contributed by atoms with Gasteiger partial charge < -0.3 is 4.90 Å². The second kappa shape index (κ2) is 7.75. The standard InChI is InChI=1S/C14H7BrClF3IN3O4/c1-21(13-9(15)2-6(20)3-10(13)16)12-8(14(17,18)19)4-7(22(24)25)5-11(12)23(26)27/h2-5H,1H3. The number of hydrogen-bond donors (Lipinski definition) is 0. The van der Waals surface area contributed by atoms with Gasteiger partial charge in [-0.15, -0.1) is 0 Å². The first-order chi connectivity index (χ1) is 12.3. The molecule has 2 aromatic carbocycles. The third-order valence-corrected chi connectivity index (χ3v) is 4.96. The molecule has 2 rings (SSSR count). The van der Waals surface area contributed by atoms with Gasteiger partial charge in [0.25, 0.3) is 11.4 Å². The smallest absolute Gasteiger partial charge is 0.336 e. The molecule has 27 heavy (non-hydrogen) atoms. The summed E-state index contributed by atoms with van der Waals surface area (Å²) in [5, 5.41) is 22.3. The Morgan fingerprint density at radius 2 is 1.70 bits per heavy atom. The molecule has 0 aliphatic rings. The highest BCUT2D eigenvalue weighted by Crippen LogP contribution is 2.48. The zero-order chi connectivity index (χ0) is 20.7. The fourth-order valence-corrected chi connectivity index (χ4v) is 4.81. The summed E-state index contributed by atoms with van der Waals surface area (Å²) in [5.74, 6) is 0. The fourth-order valence-electron chi connectivity index (χ4n) is 2.38. The van der Waals surface area contributed by atoms with Gasteiger partial charge in [-0.3, -0.25) is 20.2 Å². The molecular weight excluding hydrogens is 573 g/mol. The minimum Gasteiger partial charge on any atom is -0.336 e. The number of non-ortho nitro benzene ring substituents is 1. The molecule has 0 N–H and O–H groups in total. The quantitative estimate of drug-likeness (QED) is 0.240. The van der Waals surface area contributed by atoms with Gasteiger partial charge in [0.15, 0.2) is 0 Å². The molecule has 0 unspecified atom stereocenters. The number of nitro benzene ring substituents is 2. The van der Waals surface area contributed by atoms with Crippen molar-refractivity contribution in [1.29, 1.82) is 0 Å². The van der Waals surface area contributed by atoms with E-state index in [9.17, 15) is 33.4 Å². The van der Waals surface area contributed by atoms with Crippen LogP contribution in [0.5, 0.6) is 0 Å². The van der Waals surface area contributed by atoms with E-state index in [0.29, 0.717) is 14.1 Å². The van der Waals surface area contributed by atoms with Crippen LogP contribution < -0.4 is 4.90 Å². The van der Waals surface area contributed by atoms with Gasteiger partial charge in [-0.2, -0.15) is 13.2 Å². The summed E-state index contributed by atoms with van der Waals surface area (Å²) in [7, 11) is 1.16. The molecule has 0 fully saturated rings. The highest BCUT2D eigenvalue weighted by molar-refractivity contribution is 14.1. The molecule has 0 bridgehead atoms. The molecule has 0 radical (unpaired) electrons. The lowest BCUT2D eigenvalue weighted by molar-refractivity contribution is -0.394. The largest absolute Gasteiger partial charge is 0.418 e. The number of nitro groups is 2. The van der Waals surface area contributed by atoms with Gasteiger partial charge in [0.1, 0.15) is 5.69 Å². The van der Waals surface area contributed by atoms with Crippen LogP contribution in [-0.4, -0.2) is 16.9 Å². The summed E-state index contributed by atoms with van der Waals surface area (Å²) in [6.45, 7) is 0. The number of rotatable bonds is 4. The van der Waals surface area contributed by atoms with E-state index < -0.39 is 38.6 Å².